The van der Waals surface area contributed by atoms with E-state index in [9.17, 15) is 0 Å². The maximum absolute atomic E-state index is 2.40. The first kappa shape index (κ1) is 18.7. The van der Waals surface area contributed by atoms with Crippen LogP contribution in [0.5, 0.6) is 0 Å². The molecule has 0 saturated carbocycles. The standard InChI is InChI=1S/C29H27N/c1-20-16-22(21-10-9-11-23(18-21)29(2,3)4)19-24(17-20)30-27-14-7-5-12-25(27)26-13-6-8-15-28(26)30/h5-19H,1-4H3. The van der Waals surface area contributed by atoms with Crippen LogP contribution in [-0.2, 0) is 5.41 Å². The molecule has 0 N–H and O–H groups in total. The van der Waals surface area contributed by atoms with E-state index in [-0.39, 0.29) is 5.41 Å². The molecule has 148 valence electrons. The number of rotatable bonds is 2. The molecule has 0 aliphatic carbocycles. The van der Waals surface area contributed by atoms with E-state index in [1.54, 1.807) is 0 Å². The topological polar surface area (TPSA) is 4.93 Å². The Balaban J connectivity index is 1.76. The second kappa shape index (κ2) is 6.88. The van der Waals surface area contributed by atoms with Gasteiger partial charge < -0.3 is 4.57 Å². The molecule has 1 aromatic heterocycles. The lowest BCUT2D eigenvalue weighted by molar-refractivity contribution is 0.590. The zero-order chi connectivity index (χ0) is 20.9. The Morgan fingerprint density at radius 1 is 0.600 bits per heavy atom. The summed E-state index contributed by atoms with van der Waals surface area (Å²) in [5.41, 5.74) is 9.01. The van der Waals surface area contributed by atoms with E-state index in [0.29, 0.717) is 0 Å². The molecule has 0 atom stereocenters. The van der Waals surface area contributed by atoms with Crippen LogP contribution in [0.2, 0.25) is 0 Å². The lowest BCUT2D eigenvalue weighted by Gasteiger charge is -2.20. The molecule has 0 aliphatic rings. The Morgan fingerprint density at radius 2 is 1.23 bits per heavy atom. The number of para-hydroxylation sites is 2. The second-order valence-electron chi connectivity index (χ2n) is 9.26. The number of nitrogens with zero attached hydrogens (tertiary/aromatic N) is 1. The summed E-state index contributed by atoms with van der Waals surface area (Å²) in [5.74, 6) is 0. The zero-order valence-electron chi connectivity index (χ0n) is 18.1. The summed E-state index contributed by atoms with van der Waals surface area (Å²) in [6.45, 7) is 9.00. The fraction of sp³-hybridized carbons (Fsp3) is 0.172. The first-order valence-corrected chi connectivity index (χ1v) is 10.6. The quantitative estimate of drug-likeness (QED) is 0.288. The largest absolute Gasteiger partial charge is 0.309 e. The Kier molecular flexibility index (Phi) is 4.29. The summed E-state index contributed by atoms with van der Waals surface area (Å²) in [6, 6.07) is 33.3. The van der Waals surface area contributed by atoms with Gasteiger partial charge in [0.1, 0.15) is 0 Å². The molecule has 0 fully saturated rings. The minimum absolute atomic E-state index is 0.134. The molecule has 5 rings (SSSR count). The fourth-order valence-corrected chi connectivity index (χ4v) is 4.42. The van der Waals surface area contributed by atoms with Crippen molar-refractivity contribution in [1.29, 1.82) is 0 Å². The van der Waals surface area contributed by atoms with Gasteiger partial charge in [0.15, 0.2) is 0 Å². The maximum Gasteiger partial charge on any atom is 0.0541 e. The van der Waals surface area contributed by atoms with Crippen molar-refractivity contribution in [2.45, 2.75) is 33.1 Å². The molecule has 0 unspecified atom stereocenters. The molecule has 0 radical (unpaired) electrons. The van der Waals surface area contributed by atoms with Gasteiger partial charge in [0.25, 0.3) is 0 Å². The minimum Gasteiger partial charge on any atom is -0.309 e. The summed E-state index contributed by atoms with van der Waals surface area (Å²) >= 11 is 0. The smallest absolute Gasteiger partial charge is 0.0541 e. The molecule has 1 heterocycles. The third-order valence-electron chi connectivity index (χ3n) is 5.96. The van der Waals surface area contributed by atoms with Crippen molar-refractivity contribution in [3.63, 3.8) is 0 Å². The van der Waals surface area contributed by atoms with Crippen LogP contribution in [0.3, 0.4) is 0 Å². The Bertz CT molecular complexity index is 1330. The average molecular weight is 390 g/mol. The van der Waals surface area contributed by atoms with Gasteiger partial charge in [-0.05, 0) is 58.9 Å². The van der Waals surface area contributed by atoms with Crippen LogP contribution >= 0.6 is 0 Å². The number of aryl methyl sites for hydroxylation is 1. The molecular formula is C29H27N. The van der Waals surface area contributed by atoms with E-state index < -0.39 is 0 Å². The SMILES string of the molecule is Cc1cc(-c2cccc(C(C)(C)C)c2)cc(-n2c3ccccc3c3ccccc32)c1. The summed E-state index contributed by atoms with van der Waals surface area (Å²) in [5, 5.41) is 2.59. The van der Waals surface area contributed by atoms with Crippen molar-refractivity contribution in [3.05, 3.63) is 102 Å². The molecule has 0 amide bonds. The highest BCUT2D eigenvalue weighted by Crippen LogP contribution is 2.34. The number of fused-ring (bicyclic) bond motifs is 3. The fourth-order valence-electron chi connectivity index (χ4n) is 4.42. The monoisotopic (exact) mass is 389 g/mol. The van der Waals surface area contributed by atoms with Crippen LogP contribution in [0.4, 0.5) is 0 Å². The Morgan fingerprint density at radius 3 is 1.87 bits per heavy atom. The van der Waals surface area contributed by atoms with Gasteiger partial charge in [0, 0.05) is 16.5 Å². The first-order chi connectivity index (χ1) is 14.4. The highest BCUT2D eigenvalue weighted by molar-refractivity contribution is 6.09. The second-order valence-corrected chi connectivity index (χ2v) is 9.26. The van der Waals surface area contributed by atoms with Crippen LogP contribution in [0.15, 0.2) is 91.0 Å². The van der Waals surface area contributed by atoms with E-state index in [2.05, 4.69) is 123 Å². The molecule has 4 aromatic carbocycles. The molecule has 0 spiro atoms. The predicted octanol–water partition coefficient (Wildman–Crippen LogP) is 8.06. The number of hydrogen-bond donors (Lipinski definition) is 0. The maximum atomic E-state index is 2.40. The lowest BCUT2D eigenvalue weighted by atomic mass is 9.85. The number of aromatic nitrogens is 1. The normalized spacial score (nSPS) is 12.0. The van der Waals surface area contributed by atoms with Crippen molar-refractivity contribution in [3.8, 4) is 16.8 Å². The van der Waals surface area contributed by atoms with E-state index in [0.717, 1.165) is 0 Å². The molecule has 1 nitrogen and oxygen atoms in total. The molecule has 5 aromatic rings. The van der Waals surface area contributed by atoms with Crippen molar-refractivity contribution in [1.82, 2.24) is 4.57 Å². The summed E-state index contributed by atoms with van der Waals surface area (Å²) in [6.07, 6.45) is 0. The predicted molar refractivity (Wildman–Crippen MR) is 130 cm³/mol. The van der Waals surface area contributed by atoms with Crippen LogP contribution in [-0.4, -0.2) is 4.57 Å². The first-order valence-electron chi connectivity index (χ1n) is 10.6. The van der Waals surface area contributed by atoms with Gasteiger partial charge in [0.2, 0.25) is 0 Å². The van der Waals surface area contributed by atoms with Gasteiger partial charge in [-0.2, -0.15) is 0 Å². The van der Waals surface area contributed by atoms with Crippen LogP contribution in [0.1, 0.15) is 31.9 Å². The van der Waals surface area contributed by atoms with Crippen molar-refractivity contribution >= 4 is 21.8 Å². The van der Waals surface area contributed by atoms with E-state index in [4.69, 9.17) is 0 Å². The summed E-state index contributed by atoms with van der Waals surface area (Å²) < 4.78 is 2.40. The third kappa shape index (κ3) is 3.11. The van der Waals surface area contributed by atoms with Gasteiger partial charge in [-0.15, -0.1) is 0 Å². The molecule has 1 heteroatoms. The van der Waals surface area contributed by atoms with Gasteiger partial charge in [0.05, 0.1) is 11.0 Å². The number of benzene rings is 4. The van der Waals surface area contributed by atoms with Crippen molar-refractivity contribution < 1.29 is 0 Å². The van der Waals surface area contributed by atoms with Gasteiger partial charge in [-0.3, -0.25) is 0 Å². The minimum atomic E-state index is 0.134. The van der Waals surface area contributed by atoms with Crippen LogP contribution < -0.4 is 0 Å². The molecule has 0 bridgehead atoms. The molecule has 30 heavy (non-hydrogen) atoms. The van der Waals surface area contributed by atoms with Gasteiger partial charge in [-0.1, -0.05) is 87.5 Å². The van der Waals surface area contributed by atoms with Crippen molar-refractivity contribution in [2.24, 2.45) is 0 Å². The Labute approximate surface area is 178 Å². The average Bonchev–Trinajstić information content (AvgIpc) is 3.07. The molecular weight excluding hydrogens is 362 g/mol. The van der Waals surface area contributed by atoms with Gasteiger partial charge >= 0.3 is 0 Å². The van der Waals surface area contributed by atoms with Gasteiger partial charge in [-0.25, -0.2) is 0 Å². The molecule has 0 saturated heterocycles. The van der Waals surface area contributed by atoms with Crippen LogP contribution in [0, 0.1) is 6.92 Å². The Hall–Kier alpha value is -3.32. The zero-order valence-corrected chi connectivity index (χ0v) is 18.1. The van der Waals surface area contributed by atoms with Crippen LogP contribution in [0.25, 0.3) is 38.6 Å². The number of hydrogen-bond acceptors (Lipinski definition) is 0. The van der Waals surface area contributed by atoms with Crippen molar-refractivity contribution in [2.75, 3.05) is 0 Å². The third-order valence-corrected chi connectivity index (χ3v) is 5.96. The summed E-state index contributed by atoms with van der Waals surface area (Å²) in [7, 11) is 0. The van der Waals surface area contributed by atoms with E-state index in [1.165, 1.54) is 49.7 Å². The summed E-state index contributed by atoms with van der Waals surface area (Å²) in [4.78, 5) is 0. The highest BCUT2D eigenvalue weighted by atomic mass is 15.0. The van der Waals surface area contributed by atoms with E-state index in [1.807, 2.05) is 0 Å². The lowest BCUT2D eigenvalue weighted by Crippen LogP contribution is -2.10. The highest BCUT2D eigenvalue weighted by Gasteiger charge is 2.15. The molecule has 0 aliphatic heterocycles. The van der Waals surface area contributed by atoms with E-state index >= 15 is 0 Å².